The zero-order valence-corrected chi connectivity index (χ0v) is 13.2. The van der Waals surface area contributed by atoms with E-state index in [4.69, 9.17) is 9.47 Å². The van der Waals surface area contributed by atoms with Crippen molar-refractivity contribution in [3.8, 4) is 11.5 Å². The summed E-state index contributed by atoms with van der Waals surface area (Å²) in [5.41, 5.74) is -0.0709. The summed E-state index contributed by atoms with van der Waals surface area (Å²) in [5, 5.41) is 11.3. The number of aliphatic carboxylic acids is 1. The number of nitrogens with zero attached hydrogens (tertiary/aromatic N) is 1. The van der Waals surface area contributed by atoms with Crippen molar-refractivity contribution in [3.63, 3.8) is 0 Å². The number of ether oxygens (including phenoxy) is 3. The number of carboxylic acids is 1. The first kappa shape index (κ1) is 17.3. The van der Waals surface area contributed by atoms with Crippen molar-refractivity contribution in [1.82, 2.24) is 4.90 Å². The van der Waals surface area contributed by atoms with Gasteiger partial charge in [-0.2, -0.15) is 0 Å². The summed E-state index contributed by atoms with van der Waals surface area (Å²) in [6.07, 6.45) is 0. The maximum absolute atomic E-state index is 12.4. The van der Waals surface area contributed by atoms with E-state index in [9.17, 15) is 24.3 Å². The number of carbonyl (C=O) groups is 4. The van der Waals surface area contributed by atoms with E-state index in [1.165, 1.54) is 26.4 Å². The van der Waals surface area contributed by atoms with Crippen LogP contribution in [0.4, 0.5) is 0 Å². The number of imide groups is 1. The summed E-state index contributed by atoms with van der Waals surface area (Å²) in [4.78, 5) is 47.5. The fourth-order valence-corrected chi connectivity index (χ4v) is 2.31. The number of methoxy groups -OCH3 is 2. The number of benzene rings is 1. The molecular weight excluding hydrogens is 322 g/mol. The quantitative estimate of drug-likeness (QED) is 0.478. The monoisotopic (exact) mass is 336 g/mol. The fourth-order valence-electron chi connectivity index (χ4n) is 2.31. The summed E-state index contributed by atoms with van der Waals surface area (Å²) >= 11 is 0. The van der Waals surface area contributed by atoms with Crippen molar-refractivity contribution in [2.75, 3.05) is 20.8 Å². The Morgan fingerprint density at radius 2 is 1.54 bits per heavy atom. The molecule has 0 aromatic heterocycles. The minimum Gasteiger partial charge on any atom is -0.548 e. The summed E-state index contributed by atoms with van der Waals surface area (Å²) in [6, 6.07) is 0.831. The average molecular weight is 336 g/mol. The highest BCUT2D eigenvalue weighted by atomic mass is 16.5. The van der Waals surface area contributed by atoms with Crippen LogP contribution in [0, 0.1) is 0 Å². The van der Waals surface area contributed by atoms with Gasteiger partial charge in [0.25, 0.3) is 11.8 Å². The van der Waals surface area contributed by atoms with Crippen LogP contribution in [0.1, 0.15) is 27.6 Å². The average Bonchev–Trinajstić information content (AvgIpc) is 2.77. The molecular formula is C15H14NO8-. The Kier molecular flexibility index (Phi) is 4.72. The third-order valence-electron chi connectivity index (χ3n) is 3.45. The highest BCUT2D eigenvalue weighted by Gasteiger charge is 2.42. The van der Waals surface area contributed by atoms with Crippen molar-refractivity contribution in [1.29, 1.82) is 0 Å². The topological polar surface area (TPSA) is 122 Å². The lowest BCUT2D eigenvalue weighted by molar-refractivity contribution is -0.311. The van der Waals surface area contributed by atoms with Crippen molar-refractivity contribution in [2.45, 2.75) is 13.0 Å². The first-order chi connectivity index (χ1) is 11.3. The zero-order chi connectivity index (χ0) is 18.0. The Labute approximate surface area is 136 Å². The second kappa shape index (κ2) is 6.57. The van der Waals surface area contributed by atoms with Gasteiger partial charge in [-0.15, -0.1) is 0 Å². The highest BCUT2D eigenvalue weighted by molar-refractivity contribution is 6.23. The fraction of sp³-hybridized carbons (Fsp3) is 0.333. The molecule has 0 saturated carbocycles. The maximum Gasteiger partial charge on any atom is 0.302 e. The van der Waals surface area contributed by atoms with E-state index in [-0.39, 0.29) is 22.6 Å². The van der Waals surface area contributed by atoms with Gasteiger partial charge < -0.3 is 24.1 Å². The molecule has 2 rings (SSSR count). The van der Waals surface area contributed by atoms with Gasteiger partial charge in [-0.1, -0.05) is 0 Å². The van der Waals surface area contributed by atoms with Gasteiger partial charge in [-0.05, 0) is 12.1 Å². The molecule has 9 heteroatoms. The van der Waals surface area contributed by atoms with Crippen LogP contribution >= 0.6 is 0 Å². The predicted molar refractivity (Wildman–Crippen MR) is 75.5 cm³/mol. The molecule has 1 aromatic carbocycles. The minimum absolute atomic E-state index is 0.0354. The van der Waals surface area contributed by atoms with Gasteiger partial charge in [-0.25, -0.2) is 0 Å². The van der Waals surface area contributed by atoms with Crippen LogP contribution in [0.2, 0.25) is 0 Å². The van der Waals surface area contributed by atoms with Gasteiger partial charge in [-0.3, -0.25) is 19.3 Å². The van der Waals surface area contributed by atoms with E-state index >= 15 is 0 Å². The second-order valence-corrected chi connectivity index (χ2v) is 4.87. The zero-order valence-electron chi connectivity index (χ0n) is 13.2. The number of hydrogen-bond acceptors (Lipinski definition) is 8. The first-order valence-corrected chi connectivity index (χ1v) is 6.80. The number of fused-ring (bicyclic) bond motifs is 1. The van der Waals surface area contributed by atoms with E-state index in [1.54, 1.807) is 0 Å². The lowest BCUT2D eigenvalue weighted by atomic mass is 10.1. The molecule has 1 heterocycles. The number of hydrogen-bond donors (Lipinski definition) is 0. The largest absolute Gasteiger partial charge is 0.548 e. The predicted octanol–water partition coefficient (Wildman–Crippen LogP) is -1.02. The molecule has 0 aliphatic carbocycles. The number of carbonyl (C=O) groups excluding carboxylic acids is 4. The van der Waals surface area contributed by atoms with Crippen molar-refractivity contribution < 1.29 is 38.5 Å². The molecule has 1 aromatic rings. The summed E-state index contributed by atoms with van der Waals surface area (Å²) in [7, 11) is 2.71. The lowest BCUT2D eigenvalue weighted by Crippen LogP contribution is -2.53. The third-order valence-corrected chi connectivity index (χ3v) is 3.45. The molecule has 9 nitrogen and oxygen atoms in total. The standard InChI is InChI=1S/C15H15NO8/c1-7(17)24-6-10(15(20)21)16-13(18)8-4-11(22-2)12(23-3)5-9(8)14(16)19/h4-5,10H,6H2,1-3H3,(H,20,21)/p-1. The third kappa shape index (κ3) is 2.87. The van der Waals surface area contributed by atoms with Crippen molar-refractivity contribution in [3.05, 3.63) is 23.3 Å². The molecule has 1 unspecified atom stereocenters. The van der Waals surface area contributed by atoms with E-state index in [2.05, 4.69) is 4.74 Å². The number of amides is 2. The summed E-state index contributed by atoms with van der Waals surface area (Å²) < 4.78 is 14.7. The number of rotatable bonds is 6. The van der Waals surface area contributed by atoms with E-state index < -0.39 is 36.4 Å². The lowest BCUT2D eigenvalue weighted by Gasteiger charge is -2.26. The van der Waals surface area contributed by atoms with Gasteiger partial charge >= 0.3 is 5.97 Å². The van der Waals surface area contributed by atoms with Crippen LogP contribution in [-0.4, -0.2) is 55.5 Å². The minimum atomic E-state index is -1.74. The summed E-state index contributed by atoms with van der Waals surface area (Å²) in [5.74, 6) is -3.74. The van der Waals surface area contributed by atoms with Crippen LogP contribution < -0.4 is 14.6 Å². The SMILES string of the molecule is COc1cc2c(cc1OC)C(=O)N(C(COC(C)=O)C(=O)[O-])C2=O. The molecule has 2 amide bonds. The molecule has 24 heavy (non-hydrogen) atoms. The molecule has 0 fully saturated rings. The van der Waals surface area contributed by atoms with Gasteiger partial charge in [0.2, 0.25) is 0 Å². The molecule has 0 spiro atoms. The highest BCUT2D eigenvalue weighted by Crippen LogP contribution is 2.35. The molecule has 0 saturated heterocycles. The van der Waals surface area contributed by atoms with Crippen LogP contribution in [0.15, 0.2) is 12.1 Å². The first-order valence-electron chi connectivity index (χ1n) is 6.80. The van der Waals surface area contributed by atoms with Gasteiger partial charge in [0.05, 0.1) is 31.3 Å². The Hall–Kier alpha value is -3.10. The van der Waals surface area contributed by atoms with Crippen molar-refractivity contribution in [2.24, 2.45) is 0 Å². The number of carboxylic acid groups (broad SMARTS) is 1. The molecule has 0 N–H and O–H groups in total. The van der Waals surface area contributed by atoms with Crippen LogP contribution in [0.3, 0.4) is 0 Å². The Bertz CT molecular complexity index is 683. The normalized spacial score (nSPS) is 14.2. The summed E-state index contributed by atoms with van der Waals surface area (Å²) in [6.45, 7) is 0.377. The van der Waals surface area contributed by atoms with E-state index in [1.807, 2.05) is 0 Å². The molecule has 128 valence electrons. The second-order valence-electron chi connectivity index (χ2n) is 4.87. The molecule has 1 atom stereocenters. The van der Waals surface area contributed by atoms with Gasteiger partial charge in [0, 0.05) is 6.92 Å². The maximum atomic E-state index is 12.4. The van der Waals surface area contributed by atoms with Crippen LogP contribution in [0.25, 0.3) is 0 Å². The Balaban J connectivity index is 2.44. The van der Waals surface area contributed by atoms with Gasteiger partial charge in [0.1, 0.15) is 12.6 Å². The molecule has 0 bridgehead atoms. The van der Waals surface area contributed by atoms with E-state index in [0.29, 0.717) is 4.90 Å². The van der Waals surface area contributed by atoms with E-state index in [0.717, 1.165) is 6.92 Å². The number of esters is 1. The smallest absolute Gasteiger partial charge is 0.302 e. The Morgan fingerprint density at radius 1 is 1.08 bits per heavy atom. The molecule has 0 radical (unpaired) electrons. The van der Waals surface area contributed by atoms with Gasteiger partial charge in [0.15, 0.2) is 11.5 Å². The van der Waals surface area contributed by atoms with Crippen LogP contribution in [-0.2, 0) is 14.3 Å². The molecule has 1 aliphatic heterocycles. The molecule has 1 aliphatic rings. The van der Waals surface area contributed by atoms with Crippen molar-refractivity contribution >= 4 is 23.8 Å². The van der Waals surface area contributed by atoms with Crippen LogP contribution in [0.5, 0.6) is 11.5 Å². The Morgan fingerprint density at radius 3 is 1.88 bits per heavy atom.